The molecule has 0 atom stereocenters. The summed E-state index contributed by atoms with van der Waals surface area (Å²) in [6.45, 7) is 10.3. The van der Waals surface area contributed by atoms with Crippen LogP contribution in [0.15, 0.2) is 6.07 Å². The smallest absolute Gasteiger partial charge is 0.0245 e. The fourth-order valence-electron chi connectivity index (χ4n) is 2.14. The van der Waals surface area contributed by atoms with Crippen molar-refractivity contribution in [3.8, 4) is 0 Å². The lowest BCUT2D eigenvalue weighted by Crippen LogP contribution is -2.27. The van der Waals surface area contributed by atoms with Crippen molar-refractivity contribution in [1.82, 2.24) is 10.2 Å². The van der Waals surface area contributed by atoms with Crippen LogP contribution in [0.1, 0.15) is 21.7 Å². The molecule has 1 N–H and O–H groups in total. The Morgan fingerprint density at radius 2 is 2.20 bits per heavy atom. The Hall–Kier alpha value is -0.380. The molecule has 2 rings (SSSR count). The fourth-order valence-corrected chi connectivity index (χ4v) is 3.08. The van der Waals surface area contributed by atoms with Gasteiger partial charge in [0.2, 0.25) is 0 Å². The van der Waals surface area contributed by atoms with E-state index >= 15 is 0 Å². The van der Waals surface area contributed by atoms with E-state index in [2.05, 4.69) is 30.1 Å². The van der Waals surface area contributed by atoms with Crippen LogP contribution in [0.25, 0.3) is 0 Å². The maximum Gasteiger partial charge on any atom is 0.0245 e. The van der Waals surface area contributed by atoms with Crippen LogP contribution in [-0.2, 0) is 6.54 Å². The molecule has 0 bridgehead atoms. The summed E-state index contributed by atoms with van der Waals surface area (Å²) in [5.74, 6) is 0. The van der Waals surface area contributed by atoms with Crippen molar-refractivity contribution in [1.29, 1.82) is 0 Å². The van der Waals surface area contributed by atoms with E-state index in [1.807, 2.05) is 11.3 Å². The zero-order valence-electron chi connectivity index (χ0n) is 9.68. The van der Waals surface area contributed by atoms with E-state index in [9.17, 15) is 0 Å². The first kappa shape index (κ1) is 11.1. The van der Waals surface area contributed by atoms with Crippen molar-refractivity contribution < 1.29 is 0 Å². The van der Waals surface area contributed by atoms with E-state index in [0.29, 0.717) is 0 Å². The average Bonchev–Trinajstić information content (AvgIpc) is 2.44. The van der Waals surface area contributed by atoms with Crippen LogP contribution in [-0.4, -0.2) is 31.1 Å². The number of hydrogen-bond donors (Lipinski definition) is 1. The Kier molecular flexibility index (Phi) is 3.78. The summed E-state index contributed by atoms with van der Waals surface area (Å²) in [6, 6.07) is 2.35. The fraction of sp³-hybridized carbons (Fsp3) is 0.667. The predicted molar refractivity (Wildman–Crippen MR) is 66.6 cm³/mol. The van der Waals surface area contributed by atoms with Gasteiger partial charge in [0.25, 0.3) is 0 Å². The van der Waals surface area contributed by atoms with Gasteiger partial charge in [-0.25, -0.2) is 0 Å². The lowest BCUT2D eigenvalue weighted by molar-refractivity contribution is 0.284. The van der Waals surface area contributed by atoms with E-state index in [-0.39, 0.29) is 0 Å². The second-order valence-electron chi connectivity index (χ2n) is 4.32. The number of thiophene rings is 1. The Balaban J connectivity index is 1.97. The summed E-state index contributed by atoms with van der Waals surface area (Å²) >= 11 is 1.92. The van der Waals surface area contributed by atoms with Gasteiger partial charge < -0.3 is 5.32 Å². The molecule has 1 saturated heterocycles. The Morgan fingerprint density at radius 3 is 2.93 bits per heavy atom. The van der Waals surface area contributed by atoms with Gasteiger partial charge in [-0.2, -0.15) is 0 Å². The van der Waals surface area contributed by atoms with Gasteiger partial charge in [-0.3, -0.25) is 4.90 Å². The minimum atomic E-state index is 1.14. The van der Waals surface area contributed by atoms with Crippen LogP contribution in [0, 0.1) is 13.8 Å². The van der Waals surface area contributed by atoms with E-state index in [0.717, 1.165) is 13.1 Å². The highest BCUT2D eigenvalue weighted by molar-refractivity contribution is 7.12. The van der Waals surface area contributed by atoms with Crippen molar-refractivity contribution in [2.45, 2.75) is 26.8 Å². The molecule has 1 aliphatic rings. The first-order valence-corrected chi connectivity index (χ1v) is 6.56. The summed E-state index contributed by atoms with van der Waals surface area (Å²) in [5, 5.41) is 3.44. The SMILES string of the molecule is Cc1cc(CN2CCCNCC2)c(C)s1. The standard InChI is InChI=1S/C12H20N2S/c1-10-8-12(11(2)15-10)9-14-6-3-4-13-5-7-14/h8,13H,3-7,9H2,1-2H3. The third-order valence-corrected chi connectivity index (χ3v) is 3.98. The molecular weight excluding hydrogens is 204 g/mol. The highest BCUT2D eigenvalue weighted by Crippen LogP contribution is 2.22. The van der Waals surface area contributed by atoms with Crippen molar-refractivity contribution in [3.05, 3.63) is 21.4 Å². The van der Waals surface area contributed by atoms with Crippen LogP contribution in [0.5, 0.6) is 0 Å². The summed E-state index contributed by atoms with van der Waals surface area (Å²) in [4.78, 5) is 5.49. The van der Waals surface area contributed by atoms with Crippen molar-refractivity contribution in [3.63, 3.8) is 0 Å². The lowest BCUT2D eigenvalue weighted by Gasteiger charge is -2.19. The zero-order valence-corrected chi connectivity index (χ0v) is 10.5. The Bertz CT molecular complexity index is 311. The lowest BCUT2D eigenvalue weighted by atomic mass is 10.2. The highest BCUT2D eigenvalue weighted by Gasteiger charge is 2.11. The molecule has 2 heterocycles. The second-order valence-corrected chi connectivity index (χ2v) is 5.78. The summed E-state index contributed by atoms with van der Waals surface area (Å²) in [6.07, 6.45) is 1.28. The van der Waals surface area contributed by atoms with Crippen molar-refractivity contribution in [2.75, 3.05) is 26.2 Å². The second kappa shape index (κ2) is 5.10. The van der Waals surface area contributed by atoms with Crippen molar-refractivity contribution in [2.24, 2.45) is 0 Å². The Morgan fingerprint density at radius 1 is 1.33 bits per heavy atom. The molecule has 0 spiro atoms. The monoisotopic (exact) mass is 224 g/mol. The average molecular weight is 224 g/mol. The quantitative estimate of drug-likeness (QED) is 0.828. The van der Waals surface area contributed by atoms with Gasteiger partial charge in [-0.05, 0) is 45.0 Å². The van der Waals surface area contributed by atoms with Crippen molar-refractivity contribution >= 4 is 11.3 Å². The molecule has 1 fully saturated rings. The maximum atomic E-state index is 3.44. The molecule has 0 saturated carbocycles. The molecule has 0 aromatic carbocycles. The number of nitrogens with zero attached hydrogens (tertiary/aromatic N) is 1. The molecule has 3 heteroatoms. The highest BCUT2D eigenvalue weighted by atomic mass is 32.1. The number of nitrogens with one attached hydrogen (secondary N) is 1. The van der Waals surface area contributed by atoms with Gasteiger partial charge in [0.05, 0.1) is 0 Å². The molecule has 0 amide bonds. The minimum Gasteiger partial charge on any atom is -0.315 e. The van der Waals surface area contributed by atoms with Gasteiger partial charge in [0, 0.05) is 29.4 Å². The predicted octanol–water partition coefficient (Wildman–Crippen LogP) is 2.16. The molecule has 15 heavy (non-hydrogen) atoms. The van der Waals surface area contributed by atoms with Crippen LogP contribution >= 0.6 is 11.3 Å². The number of aryl methyl sites for hydroxylation is 2. The molecule has 2 nitrogen and oxygen atoms in total. The molecular formula is C12H20N2S. The molecule has 1 aromatic heterocycles. The molecule has 0 radical (unpaired) electrons. The zero-order chi connectivity index (χ0) is 10.7. The largest absolute Gasteiger partial charge is 0.315 e. The van der Waals surface area contributed by atoms with Gasteiger partial charge in [0.1, 0.15) is 0 Å². The van der Waals surface area contributed by atoms with E-state index in [1.165, 1.54) is 41.4 Å². The molecule has 1 aliphatic heterocycles. The third-order valence-electron chi connectivity index (χ3n) is 2.97. The normalized spacial score (nSPS) is 19.1. The summed E-state index contributed by atoms with van der Waals surface area (Å²) in [7, 11) is 0. The third kappa shape index (κ3) is 3.03. The van der Waals surface area contributed by atoms with E-state index in [4.69, 9.17) is 0 Å². The van der Waals surface area contributed by atoms with Gasteiger partial charge in [-0.15, -0.1) is 11.3 Å². The van der Waals surface area contributed by atoms with Crippen LogP contribution in [0.4, 0.5) is 0 Å². The Labute approximate surface area is 96.3 Å². The van der Waals surface area contributed by atoms with Crippen LogP contribution in [0.3, 0.4) is 0 Å². The first-order chi connectivity index (χ1) is 7.25. The molecule has 84 valence electrons. The first-order valence-electron chi connectivity index (χ1n) is 5.74. The van der Waals surface area contributed by atoms with E-state index in [1.54, 1.807) is 0 Å². The number of hydrogen-bond acceptors (Lipinski definition) is 3. The van der Waals surface area contributed by atoms with E-state index < -0.39 is 0 Å². The molecule has 0 aliphatic carbocycles. The number of rotatable bonds is 2. The minimum absolute atomic E-state index is 1.14. The topological polar surface area (TPSA) is 15.3 Å². The van der Waals surface area contributed by atoms with Crippen LogP contribution < -0.4 is 5.32 Å². The van der Waals surface area contributed by atoms with Gasteiger partial charge in [-0.1, -0.05) is 0 Å². The molecule has 0 unspecified atom stereocenters. The van der Waals surface area contributed by atoms with Gasteiger partial charge >= 0.3 is 0 Å². The summed E-state index contributed by atoms with van der Waals surface area (Å²) < 4.78 is 0. The molecule has 1 aromatic rings. The maximum absolute atomic E-state index is 3.44. The van der Waals surface area contributed by atoms with Gasteiger partial charge in [0.15, 0.2) is 0 Å². The summed E-state index contributed by atoms with van der Waals surface area (Å²) in [5.41, 5.74) is 1.53. The van der Waals surface area contributed by atoms with Crippen LogP contribution in [0.2, 0.25) is 0 Å².